The van der Waals surface area contributed by atoms with Crippen molar-refractivity contribution in [3.8, 4) is 0 Å². The number of rotatable bonds is 6. The van der Waals surface area contributed by atoms with Gasteiger partial charge in [-0.05, 0) is 67.3 Å². The number of carbonyl (C=O) groups is 1. The lowest BCUT2D eigenvalue weighted by Crippen LogP contribution is -2.15. The highest BCUT2D eigenvalue weighted by molar-refractivity contribution is 7.98. The summed E-state index contributed by atoms with van der Waals surface area (Å²) in [6.45, 7) is 1.55. The van der Waals surface area contributed by atoms with E-state index in [4.69, 9.17) is 0 Å². The standard InChI is InChI=1S/C21H19FN2O3S2/c1-14-9-10-19(13-20(14)22)29(26,27)24-17-7-3-5-15(11-17)21(25)23-16-6-4-8-18(12-16)28-2/h3-13,24H,1-2H3,(H,23,25). The van der Waals surface area contributed by atoms with Crippen LogP contribution >= 0.6 is 11.8 Å². The third kappa shape index (κ3) is 5.16. The van der Waals surface area contributed by atoms with Crippen molar-refractivity contribution >= 4 is 39.1 Å². The fraction of sp³-hybridized carbons (Fsp3) is 0.0952. The van der Waals surface area contributed by atoms with E-state index in [0.29, 0.717) is 11.3 Å². The first-order chi connectivity index (χ1) is 13.8. The van der Waals surface area contributed by atoms with E-state index in [2.05, 4.69) is 10.0 Å². The van der Waals surface area contributed by atoms with Crippen LogP contribution in [0.1, 0.15) is 15.9 Å². The molecule has 0 aliphatic rings. The Morgan fingerprint density at radius 2 is 1.69 bits per heavy atom. The second-order valence-corrected chi connectivity index (χ2v) is 8.85. The Morgan fingerprint density at radius 3 is 2.41 bits per heavy atom. The molecule has 5 nitrogen and oxygen atoms in total. The number of sulfonamides is 1. The minimum absolute atomic E-state index is 0.190. The van der Waals surface area contributed by atoms with Gasteiger partial charge in [0.25, 0.3) is 15.9 Å². The molecule has 1 amide bonds. The number of benzene rings is 3. The van der Waals surface area contributed by atoms with E-state index in [-0.39, 0.29) is 22.1 Å². The topological polar surface area (TPSA) is 75.3 Å². The van der Waals surface area contributed by atoms with Crippen molar-refractivity contribution in [1.29, 1.82) is 0 Å². The average molecular weight is 431 g/mol. The lowest BCUT2D eigenvalue weighted by Gasteiger charge is -2.11. The quantitative estimate of drug-likeness (QED) is 0.545. The fourth-order valence-electron chi connectivity index (χ4n) is 2.58. The van der Waals surface area contributed by atoms with Gasteiger partial charge in [-0.15, -0.1) is 11.8 Å². The molecule has 0 saturated carbocycles. The predicted molar refractivity (Wildman–Crippen MR) is 115 cm³/mol. The van der Waals surface area contributed by atoms with Crippen molar-refractivity contribution < 1.29 is 17.6 Å². The van der Waals surface area contributed by atoms with Crippen LogP contribution in [0.25, 0.3) is 0 Å². The highest BCUT2D eigenvalue weighted by Crippen LogP contribution is 2.22. The van der Waals surface area contributed by atoms with Gasteiger partial charge >= 0.3 is 0 Å². The number of hydrogen-bond donors (Lipinski definition) is 2. The summed E-state index contributed by atoms with van der Waals surface area (Å²) in [4.78, 5) is 13.4. The summed E-state index contributed by atoms with van der Waals surface area (Å²) in [7, 11) is -3.99. The van der Waals surface area contributed by atoms with E-state index in [9.17, 15) is 17.6 Å². The van der Waals surface area contributed by atoms with Gasteiger partial charge in [0, 0.05) is 21.8 Å². The van der Waals surface area contributed by atoms with Crippen molar-refractivity contribution in [1.82, 2.24) is 0 Å². The number of halogens is 1. The molecule has 8 heteroatoms. The van der Waals surface area contributed by atoms with Crippen LogP contribution in [0.3, 0.4) is 0 Å². The molecule has 0 bridgehead atoms. The fourth-order valence-corrected chi connectivity index (χ4v) is 4.10. The second-order valence-electron chi connectivity index (χ2n) is 6.28. The monoisotopic (exact) mass is 430 g/mol. The van der Waals surface area contributed by atoms with E-state index < -0.39 is 15.8 Å². The summed E-state index contributed by atoms with van der Waals surface area (Å²) in [5, 5.41) is 2.79. The van der Waals surface area contributed by atoms with Crippen molar-refractivity contribution in [2.75, 3.05) is 16.3 Å². The largest absolute Gasteiger partial charge is 0.322 e. The van der Waals surface area contributed by atoms with Crippen LogP contribution in [0, 0.1) is 12.7 Å². The van der Waals surface area contributed by atoms with Crippen molar-refractivity contribution in [3.05, 3.63) is 83.7 Å². The van der Waals surface area contributed by atoms with Gasteiger partial charge in [0.05, 0.1) is 4.90 Å². The Labute approximate surface area is 173 Å². The molecule has 0 fully saturated rings. The molecule has 0 spiro atoms. The zero-order chi connectivity index (χ0) is 21.0. The molecular formula is C21H19FN2O3S2. The first kappa shape index (κ1) is 20.9. The number of thioether (sulfide) groups is 1. The minimum Gasteiger partial charge on any atom is -0.322 e. The van der Waals surface area contributed by atoms with Crippen molar-refractivity contribution in [2.45, 2.75) is 16.7 Å². The summed E-state index contributed by atoms with van der Waals surface area (Å²) in [5.74, 6) is -0.973. The number of anilines is 2. The minimum atomic E-state index is -3.99. The third-order valence-corrected chi connectivity index (χ3v) is 6.26. The van der Waals surface area contributed by atoms with Crippen molar-refractivity contribution in [3.63, 3.8) is 0 Å². The van der Waals surface area contributed by atoms with Crippen LogP contribution in [0.2, 0.25) is 0 Å². The summed E-state index contributed by atoms with van der Waals surface area (Å²) < 4.78 is 41.2. The molecule has 0 unspecified atom stereocenters. The summed E-state index contributed by atoms with van der Waals surface area (Å²) in [5.41, 5.74) is 1.49. The van der Waals surface area contributed by atoms with Crippen LogP contribution in [0.15, 0.2) is 76.5 Å². The molecule has 0 aromatic heterocycles. The number of nitrogens with one attached hydrogen (secondary N) is 2. The average Bonchev–Trinajstić information content (AvgIpc) is 2.70. The lowest BCUT2D eigenvalue weighted by molar-refractivity contribution is 0.102. The molecule has 3 rings (SSSR count). The SMILES string of the molecule is CSc1cccc(NC(=O)c2cccc(NS(=O)(=O)c3ccc(C)c(F)c3)c2)c1. The Balaban J connectivity index is 1.79. The Morgan fingerprint density at radius 1 is 0.966 bits per heavy atom. The molecule has 0 aliphatic heterocycles. The number of amides is 1. The molecular weight excluding hydrogens is 411 g/mol. The highest BCUT2D eigenvalue weighted by atomic mass is 32.2. The zero-order valence-electron chi connectivity index (χ0n) is 15.8. The Bertz CT molecular complexity index is 1160. The van der Waals surface area contributed by atoms with Gasteiger partial charge in [-0.1, -0.05) is 18.2 Å². The number of carbonyl (C=O) groups excluding carboxylic acids is 1. The van der Waals surface area contributed by atoms with E-state index in [1.165, 1.54) is 24.3 Å². The van der Waals surface area contributed by atoms with E-state index in [1.54, 1.807) is 36.9 Å². The number of aryl methyl sites for hydroxylation is 1. The maximum Gasteiger partial charge on any atom is 0.261 e. The molecule has 150 valence electrons. The van der Waals surface area contributed by atoms with E-state index in [0.717, 1.165) is 11.0 Å². The maximum atomic E-state index is 13.7. The molecule has 0 atom stereocenters. The van der Waals surface area contributed by atoms with Gasteiger partial charge in [0.1, 0.15) is 5.82 Å². The van der Waals surface area contributed by atoms with Gasteiger partial charge < -0.3 is 5.32 Å². The molecule has 0 aliphatic carbocycles. The summed E-state index contributed by atoms with van der Waals surface area (Å²) in [6, 6.07) is 17.2. The maximum absolute atomic E-state index is 13.7. The molecule has 0 heterocycles. The number of hydrogen-bond acceptors (Lipinski definition) is 4. The van der Waals surface area contributed by atoms with Gasteiger partial charge in [0.2, 0.25) is 0 Å². The smallest absolute Gasteiger partial charge is 0.261 e. The predicted octanol–water partition coefficient (Wildman–Crippen LogP) is 4.91. The van der Waals surface area contributed by atoms with Crippen LogP contribution in [-0.4, -0.2) is 20.6 Å². The normalized spacial score (nSPS) is 11.1. The summed E-state index contributed by atoms with van der Waals surface area (Å²) in [6.07, 6.45) is 1.94. The molecule has 3 aromatic carbocycles. The molecule has 0 saturated heterocycles. The van der Waals surface area contributed by atoms with Gasteiger partial charge in [-0.2, -0.15) is 0 Å². The van der Waals surface area contributed by atoms with Crippen LogP contribution in [0.4, 0.5) is 15.8 Å². The molecule has 2 N–H and O–H groups in total. The first-order valence-electron chi connectivity index (χ1n) is 8.63. The van der Waals surface area contributed by atoms with Gasteiger partial charge in [-0.25, -0.2) is 12.8 Å². The first-order valence-corrected chi connectivity index (χ1v) is 11.3. The Kier molecular flexibility index (Phi) is 6.24. The van der Waals surface area contributed by atoms with Gasteiger partial charge in [0.15, 0.2) is 0 Å². The summed E-state index contributed by atoms with van der Waals surface area (Å²) >= 11 is 1.56. The second kappa shape index (κ2) is 8.67. The van der Waals surface area contributed by atoms with Crippen LogP contribution < -0.4 is 10.0 Å². The van der Waals surface area contributed by atoms with Crippen molar-refractivity contribution in [2.24, 2.45) is 0 Å². The lowest BCUT2D eigenvalue weighted by atomic mass is 10.2. The van der Waals surface area contributed by atoms with Crippen LogP contribution in [-0.2, 0) is 10.0 Å². The molecule has 3 aromatic rings. The zero-order valence-corrected chi connectivity index (χ0v) is 17.4. The molecule has 29 heavy (non-hydrogen) atoms. The van der Waals surface area contributed by atoms with Gasteiger partial charge in [-0.3, -0.25) is 9.52 Å². The Hall–Kier alpha value is -2.84. The third-order valence-electron chi connectivity index (χ3n) is 4.16. The highest BCUT2D eigenvalue weighted by Gasteiger charge is 2.17. The molecule has 0 radical (unpaired) electrons. The van der Waals surface area contributed by atoms with E-state index >= 15 is 0 Å². The van der Waals surface area contributed by atoms with E-state index in [1.807, 2.05) is 24.5 Å². The van der Waals surface area contributed by atoms with Crippen LogP contribution in [0.5, 0.6) is 0 Å².